The van der Waals surface area contributed by atoms with E-state index in [4.69, 9.17) is 4.74 Å². The Balaban J connectivity index is 1.46. The monoisotopic (exact) mass is 343 g/mol. The van der Waals surface area contributed by atoms with E-state index >= 15 is 0 Å². The second kappa shape index (κ2) is 6.45. The zero-order valence-electron chi connectivity index (χ0n) is 13.6. The zero-order chi connectivity index (χ0) is 16.4. The van der Waals surface area contributed by atoms with Crippen molar-refractivity contribution in [3.05, 3.63) is 6.33 Å². The maximum Gasteiger partial charge on any atom is 0.211 e. The summed E-state index contributed by atoms with van der Waals surface area (Å²) in [7, 11) is -3.27. The van der Waals surface area contributed by atoms with Gasteiger partial charge in [0.15, 0.2) is 0 Å². The third-order valence-electron chi connectivity index (χ3n) is 5.04. The summed E-state index contributed by atoms with van der Waals surface area (Å²) in [6.45, 7) is 3.89. The highest BCUT2D eigenvalue weighted by atomic mass is 32.2. The van der Waals surface area contributed by atoms with Crippen LogP contribution in [0.4, 0.5) is 0 Å². The average molecular weight is 343 g/mol. The molecule has 1 spiro atoms. The molecule has 1 aromatic heterocycles. The molecule has 1 unspecified atom stereocenters. The van der Waals surface area contributed by atoms with Gasteiger partial charge in [-0.3, -0.25) is 0 Å². The van der Waals surface area contributed by atoms with Crippen molar-refractivity contribution in [1.82, 2.24) is 24.9 Å². The number of aryl methyl sites for hydroxylation is 1. The van der Waals surface area contributed by atoms with E-state index in [1.54, 1.807) is 0 Å². The number of nitrogens with one attached hydrogen (secondary N) is 1. The first-order valence-corrected chi connectivity index (χ1v) is 9.88. The van der Waals surface area contributed by atoms with Crippen molar-refractivity contribution in [2.24, 2.45) is 5.41 Å². The molecule has 0 aromatic carbocycles. The van der Waals surface area contributed by atoms with E-state index in [1.807, 2.05) is 0 Å². The lowest BCUT2D eigenvalue weighted by Gasteiger charge is -2.51. The van der Waals surface area contributed by atoms with Crippen LogP contribution in [0.15, 0.2) is 6.33 Å². The van der Waals surface area contributed by atoms with E-state index in [0.717, 1.165) is 32.3 Å². The number of hydrogen-bond acceptors (Lipinski definition) is 6. The molecule has 0 amide bonds. The summed E-state index contributed by atoms with van der Waals surface area (Å²) < 4.78 is 34.6. The highest BCUT2D eigenvalue weighted by molar-refractivity contribution is 7.89. The molecule has 3 rings (SSSR count). The Kier molecular flexibility index (Phi) is 4.70. The van der Waals surface area contributed by atoms with Gasteiger partial charge in [0.2, 0.25) is 10.0 Å². The van der Waals surface area contributed by atoms with E-state index < -0.39 is 10.0 Å². The minimum absolute atomic E-state index is 0.0123. The van der Waals surface area contributed by atoms with Gasteiger partial charge in [0.05, 0.1) is 11.4 Å². The topological polar surface area (TPSA) is 99.0 Å². The third kappa shape index (κ3) is 4.27. The molecule has 0 bridgehead atoms. The second-order valence-corrected chi connectivity index (χ2v) is 9.12. The number of nitrogens with zero attached hydrogens (tertiary/aromatic N) is 4. The molecule has 2 fully saturated rings. The standard InChI is InChI=1S/C14H25N5O3S/c1-13(6-8-22-14(10-13)4-2-5-14)11-16-23(20,21)9-3-7-19-12-15-17-18-19/h12,16H,2-11H2,1H3. The fourth-order valence-corrected chi connectivity index (χ4v) is 4.75. The van der Waals surface area contributed by atoms with Crippen molar-refractivity contribution in [1.29, 1.82) is 0 Å². The van der Waals surface area contributed by atoms with Crippen molar-refractivity contribution >= 4 is 10.0 Å². The van der Waals surface area contributed by atoms with E-state index in [0.29, 0.717) is 19.5 Å². The minimum atomic E-state index is -3.27. The molecule has 9 heteroatoms. The van der Waals surface area contributed by atoms with E-state index in [-0.39, 0.29) is 16.8 Å². The maximum absolute atomic E-state index is 12.2. The average Bonchev–Trinajstić information content (AvgIpc) is 2.97. The van der Waals surface area contributed by atoms with Gasteiger partial charge >= 0.3 is 0 Å². The molecule has 1 aliphatic carbocycles. The number of hydrogen-bond donors (Lipinski definition) is 1. The van der Waals surface area contributed by atoms with Crippen LogP contribution in [-0.2, 0) is 21.3 Å². The molecule has 2 heterocycles. The highest BCUT2D eigenvalue weighted by Crippen LogP contribution is 2.48. The highest BCUT2D eigenvalue weighted by Gasteiger charge is 2.47. The zero-order valence-corrected chi connectivity index (χ0v) is 14.4. The summed E-state index contributed by atoms with van der Waals surface area (Å²) in [6, 6.07) is 0. The molecule has 23 heavy (non-hydrogen) atoms. The molecule has 1 atom stereocenters. The lowest BCUT2D eigenvalue weighted by molar-refractivity contribution is -0.162. The molecule has 8 nitrogen and oxygen atoms in total. The Morgan fingerprint density at radius 1 is 1.35 bits per heavy atom. The molecule has 1 saturated carbocycles. The van der Waals surface area contributed by atoms with Crippen LogP contribution in [0, 0.1) is 5.41 Å². The Morgan fingerprint density at radius 3 is 2.83 bits per heavy atom. The smallest absolute Gasteiger partial charge is 0.211 e. The van der Waals surface area contributed by atoms with Crippen LogP contribution in [0.1, 0.15) is 45.4 Å². The van der Waals surface area contributed by atoms with Gasteiger partial charge < -0.3 is 4.74 Å². The number of rotatable bonds is 7. The van der Waals surface area contributed by atoms with Crippen molar-refractivity contribution in [3.63, 3.8) is 0 Å². The van der Waals surface area contributed by atoms with E-state index in [2.05, 4.69) is 27.2 Å². The van der Waals surface area contributed by atoms with Gasteiger partial charge in [-0.25, -0.2) is 17.8 Å². The Labute approximate surface area is 137 Å². The fourth-order valence-electron chi connectivity index (χ4n) is 3.53. The predicted molar refractivity (Wildman–Crippen MR) is 84.1 cm³/mol. The lowest BCUT2D eigenvalue weighted by Crippen LogP contribution is -2.52. The van der Waals surface area contributed by atoms with Crippen molar-refractivity contribution < 1.29 is 13.2 Å². The largest absolute Gasteiger partial charge is 0.375 e. The first-order valence-electron chi connectivity index (χ1n) is 8.23. The molecular weight excluding hydrogens is 318 g/mol. The van der Waals surface area contributed by atoms with Crippen molar-refractivity contribution in [2.75, 3.05) is 18.9 Å². The summed E-state index contributed by atoms with van der Waals surface area (Å²) >= 11 is 0. The maximum atomic E-state index is 12.2. The molecule has 2 aliphatic rings. The van der Waals surface area contributed by atoms with Crippen LogP contribution in [0.5, 0.6) is 0 Å². The number of aromatic nitrogens is 4. The van der Waals surface area contributed by atoms with Crippen LogP contribution in [0.2, 0.25) is 0 Å². The van der Waals surface area contributed by atoms with Crippen LogP contribution in [0.25, 0.3) is 0 Å². The molecule has 1 saturated heterocycles. The summed E-state index contributed by atoms with van der Waals surface area (Å²) in [5, 5.41) is 10.8. The molecule has 1 aliphatic heterocycles. The van der Waals surface area contributed by atoms with Gasteiger partial charge in [-0.1, -0.05) is 6.92 Å². The van der Waals surface area contributed by atoms with Gasteiger partial charge in [0, 0.05) is 19.7 Å². The SMILES string of the molecule is CC1(CNS(=O)(=O)CCCn2cnnn2)CCOC2(CCC2)C1. The third-order valence-corrected chi connectivity index (χ3v) is 6.45. The molecule has 1 N–H and O–H groups in total. The predicted octanol–water partition coefficient (Wildman–Crippen LogP) is 0.722. The first kappa shape index (κ1) is 16.8. The van der Waals surface area contributed by atoms with Crippen LogP contribution in [-0.4, -0.2) is 53.1 Å². The van der Waals surface area contributed by atoms with Gasteiger partial charge in [0.25, 0.3) is 0 Å². The second-order valence-electron chi connectivity index (χ2n) is 7.19. The number of tetrazole rings is 1. The van der Waals surface area contributed by atoms with Crippen molar-refractivity contribution in [3.8, 4) is 0 Å². The van der Waals surface area contributed by atoms with Gasteiger partial charge in [-0.2, -0.15) is 0 Å². The fraction of sp³-hybridized carbons (Fsp3) is 0.929. The van der Waals surface area contributed by atoms with E-state index in [9.17, 15) is 8.42 Å². The van der Waals surface area contributed by atoms with E-state index in [1.165, 1.54) is 17.4 Å². The number of sulfonamides is 1. The first-order chi connectivity index (χ1) is 10.9. The number of ether oxygens (including phenoxy) is 1. The molecule has 0 radical (unpaired) electrons. The normalized spacial score (nSPS) is 27.0. The Hall–Kier alpha value is -1.06. The molecule has 130 valence electrons. The summed E-state index contributed by atoms with van der Waals surface area (Å²) in [5.41, 5.74) is 0.0140. The van der Waals surface area contributed by atoms with Gasteiger partial charge in [-0.15, -0.1) is 5.10 Å². The van der Waals surface area contributed by atoms with Gasteiger partial charge in [0.1, 0.15) is 6.33 Å². The molecule has 1 aromatic rings. The minimum Gasteiger partial charge on any atom is -0.375 e. The lowest BCUT2D eigenvalue weighted by atomic mass is 9.66. The van der Waals surface area contributed by atoms with Crippen LogP contribution >= 0.6 is 0 Å². The Morgan fingerprint density at radius 2 is 2.17 bits per heavy atom. The summed E-state index contributed by atoms with van der Waals surface area (Å²) in [6.07, 6.45) is 7.28. The summed E-state index contributed by atoms with van der Waals surface area (Å²) in [4.78, 5) is 0. The molecular formula is C14H25N5O3S. The quantitative estimate of drug-likeness (QED) is 0.783. The Bertz CT molecular complexity index is 614. The van der Waals surface area contributed by atoms with Crippen LogP contribution in [0.3, 0.4) is 0 Å². The van der Waals surface area contributed by atoms with Crippen molar-refractivity contribution in [2.45, 2.75) is 57.6 Å². The van der Waals surface area contributed by atoms with Gasteiger partial charge in [-0.05, 0) is 54.4 Å². The summed E-state index contributed by atoms with van der Waals surface area (Å²) in [5.74, 6) is 0.0879. The van der Waals surface area contributed by atoms with Crippen LogP contribution < -0.4 is 4.72 Å².